The fraction of sp³-hybridized carbons (Fsp3) is 0. The van der Waals surface area contributed by atoms with Gasteiger partial charge in [0.25, 0.3) is 0 Å². The molecular weight excluding hydrogens is 558 g/mol. The van der Waals surface area contributed by atoms with Gasteiger partial charge in [0.15, 0.2) is 0 Å². The fourth-order valence-corrected chi connectivity index (χ4v) is 6.89. The Kier molecular flexibility index (Phi) is 6.17. The van der Waals surface area contributed by atoms with Crippen molar-refractivity contribution in [3.8, 4) is 22.3 Å². The molecule has 0 aliphatic carbocycles. The molecule has 0 bridgehead atoms. The van der Waals surface area contributed by atoms with Crippen molar-refractivity contribution in [3.05, 3.63) is 176 Å². The summed E-state index contributed by atoms with van der Waals surface area (Å²) in [4.78, 5) is 2.39. The van der Waals surface area contributed by atoms with Crippen LogP contribution in [-0.4, -0.2) is 0 Å². The highest BCUT2D eigenvalue weighted by molar-refractivity contribution is 6.19. The first-order valence-corrected chi connectivity index (χ1v) is 15.7. The van der Waals surface area contributed by atoms with Gasteiger partial charge in [-0.2, -0.15) is 0 Å². The van der Waals surface area contributed by atoms with E-state index in [-0.39, 0.29) is 0 Å². The standard InChI is InChI=1S/C44H29NO/c1-3-11-30(12-4-1)31-19-22-34(23-20-31)45(41-27-26-36(32-13-5-2-6-14-32)38-15-7-8-16-39(38)41)35-24-25-37-33(29-35)21-28-43-44(37)40-17-9-10-18-42(40)46-43/h1-29H. The molecule has 0 N–H and O–H groups in total. The van der Waals surface area contributed by atoms with Gasteiger partial charge in [0, 0.05) is 27.5 Å². The molecule has 0 saturated heterocycles. The molecule has 216 valence electrons. The average Bonchev–Trinajstić information content (AvgIpc) is 3.52. The maximum Gasteiger partial charge on any atom is 0.136 e. The van der Waals surface area contributed by atoms with E-state index < -0.39 is 0 Å². The van der Waals surface area contributed by atoms with Crippen molar-refractivity contribution >= 4 is 60.5 Å². The second kappa shape index (κ2) is 10.8. The van der Waals surface area contributed by atoms with Crippen LogP contribution >= 0.6 is 0 Å². The van der Waals surface area contributed by atoms with Crippen LogP contribution in [0.25, 0.3) is 65.7 Å². The van der Waals surface area contributed by atoms with Gasteiger partial charge in [-0.05, 0) is 80.9 Å². The molecule has 1 aromatic heterocycles. The summed E-state index contributed by atoms with van der Waals surface area (Å²) in [6.45, 7) is 0. The molecule has 0 atom stereocenters. The molecule has 2 heteroatoms. The maximum atomic E-state index is 6.21. The Morgan fingerprint density at radius 3 is 1.78 bits per heavy atom. The zero-order valence-electron chi connectivity index (χ0n) is 25.1. The van der Waals surface area contributed by atoms with E-state index in [2.05, 4.69) is 169 Å². The third-order valence-electron chi connectivity index (χ3n) is 9.06. The van der Waals surface area contributed by atoms with Gasteiger partial charge in [0.1, 0.15) is 11.2 Å². The monoisotopic (exact) mass is 587 g/mol. The molecule has 9 aromatic rings. The number of para-hydroxylation sites is 1. The van der Waals surface area contributed by atoms with Crippen molar-refractivity contribution in [2.75, 3.05) is 4.90 Å². The number of hydrogen-bond acceptors (Lipinski definition) is 2. The minimum atomic E-state index is 0.914. The summed E-state index contributed by atoms with van der Waals surface area (Å²) < 4.78 is 6.21. The first-order valence-electron chi connectivity index (χ1n) is 15.7. The summed E-state index contributed by atoms with van der Waals surface area (Å²) in [5.41, 5.74) is 10.0. The Morgan fingerprint density at radius 1 is 0.370 bits per heavy atom. The lowest BCUT2D eigenvalue weighted by Gasteiger charge is -2.28. The van der Waals surface area contributed by atoms with Crippen molar-refractivity contribution in [2.24, 2.45) is 0 Å². The lowest BCUT2D eigenvalue weighted by molar-refractivity contribution is 0.669. The van der Waals surface area contributed by atoms with Crippen LogP contribution in [0.4, 0.5) is 17.1 Å². The van der Waals surface area contributed by atoms with Crippen LogP contribution in [0.2, 0.25) is 0 Å². The Hall–Kier alpha value is -6.12. The molecule has 46 heavy (non-hydrogen) atoms. The van der Waals surface area contributed by atoms with Gasteiger partial charge < -0.3 is 9.32 Å². The highest BCUT2D eigenvalue weighted by Gasteiger charge is 2.19. The summed E-state index contributed by atoms with van der Waals surface area (Å²) in [5.74, 6) is 0. The molecule has 2 nitrogen and oxygen atoms in total. The lowest BCUT2D eigenvalue weighted by Crippen LogP contribution is -2.10. The third-order valence-corrected chi connectivity index (χ3v) is 9.06. The molecule has 0 spiro atoms. The molecule has 0 saturated carbocycles. The van der Waals surface area contributed by atoms with Gasteiger partial charge in [-0.1, -0.05) is 133 Å². The summed E-state index contributed by atoms with van der Waals surface area (Å²) >= 11 is 0. The van der Waals surface area contributed by atoms with E-state index in [4.69, 9.17) is 4.42 Å². The molecule has 0 radical (unpaired) electrons. The van der Waals surface area contributed by atoms with Crippen molar-refractivity contribution in [1.29, 1.82) is 0 Å². The highest BCUT2D eigenvalue weighted by atomic mass is 16.3. The largest absolute Gasteiger partial charge is 0.456 e. The van der Waals surface area contributed by atoms with E-state index in [1.807, 2.05) is 12.1 Å². The van der Waals surface area contributed by atoms with Crippen LogP contribution < -0.4 is 4.90 Å². The Bertz CT molecular complexity index is 2510. The molecule has 1 heterocycles. The maximum absolute atomic E-state index is 6.21. The number of rotatable bonds is 5. The first-order chi connectivity index (χ1) is 22.8. The van der Waals surface area contributed by atoms with Crippen LogP contribution in [0.5, 0.6) is 0 Å². The number of hydrogen-bond donors (Lipinski definition) is 0. The Morgan fingerprint density at radius 2 is 1.00 bits per heavy atom. The van der Waals surface area contributed by atoms with Gasteiger partial charge in [-0.15, -0.1) is 0 Å². The van der Waals surface area contributed by atoms with E-state index in [1.165, 1.54) is 43.8 Å². The van der Waals surface area contributed by atoms with E-state index >= 15 is 0 Å². The number of nitrogens with zero attached hydrogens (tertiary/aromatic N) is 1. The molecule has 0 unspecified atom stereocenters. The zero-order valence-corrected chi connectivity index (χ0v) is 25.1. The summed E-state index contributed by atoms with van der Waals surface area (Å²) in [6, 6.07) is 62.8. The second-order valence-corrected chi connectivity index (χ2v) is 11.7. The lowest BCUT2D eigenvalue weighted by atomic mass is 9.96. The first kappa shape index (κ1) is 26.3. The smallest absolute Gasteiger partial charge is 0.136 e. The van der Waals surface area contributed by atoms with Gasteiger partial charge in [0.05, 0.1) is 5.69 Å². The third kappa shape index (κ3) is 4.35. The SMILES string of the molecule is c1ccc(-c2ccc(N(c3ccc4c(ccc5oc6ccccc6c54)c3)c3ccc(-c4ccccc4)c4ccccc34)cc2)cc1. The zero-order chi connectivity index (χ0) is 30.5. The summed E-state index contributed by atoms with van der Waals surface area (Å²) in [5, 5.41) is 7.10. The van der Waals surface area contributed by atoms with Crippen molar-refractivity contribution in [1.82, 2.24) is 0 Å². The fourth-order valence-electron chi connectivity index (χ4n) is 6.89. The molecular formula is C44H29NO. The summed E-state index contributed by atoms with van der Waals surface area (Å²) in [7, 11) is 0. The molecule has 9 rings (SSSR count). The molecule has 0 fully saturated rings. The van der Waals surface area contributed by atoms with Crippen molar-refractivity contribution < 1.29 is 4.42 Å². The van der Waals surface area contributed by atoms with E-state index in [1.54, 1.807) is 0 Å². The van der Waals surface area contributed by atoms with Gasteiger partial charge in [-0.3, -0.25) is 0 Å². The van der Waals surface area contributed by atoms with Crippen LogP contribution in [0.3, 0.4) is 0 Å². The van der Waals surface area contributed by atoms with E-state index in [0.717, 1.165) is 39.0 Å². The normalized spacial score (nSPS) is 11.5. The molecule has 0 amide bonds. The van der Waals surface area contributed by atoms with Crippen LogP contribution in [0.15, 0.2) is 180 Å². The molecule has 0 aliphatic heterocycles. The highest BCUT2D eigenvalue weighted by Crippen LogP contribution is 2.44. The molecule has 0 aliphatic rings. The topological polar surface area (TPSA) is 16.4 Å². The van der Waals surface area contributed by atoms with Crippen molar-refractivity contribution in [3.63, 3.8) is 0 Å². The van der Waals surface area contributed by atoms with Crippen LogP contribution in [0, 0.1) is 0 Å². The van der Waals surface area contributed by atoms with Gasteiger partial charge in [0.2, 0.25) is 0 Å². The predicted octanol–water partition coefficient (Wildman–Crippen LogP) is 12.7. The minimum Gasteiger partial charge on any atom is -0.456 e. The average molecular weight is 588 g/mol. The number of fused-ring (bicyclic) bond motifs is 6. The quantitative estimate of drug-likeness (QED) is 0.199. The number of benzene rings is 8. The predicted molar refractivity (Wildman–Crippen MR) is 194 cm³/mol. The van der Waals surface area contributed by atoms with Crippen LogP contribution in [0.1, 0.15) is 0 Å². The Balaban J connectivity index is 1.26. The second-order valence-electron chi connectivity index (χ2n) is 11.7. The van der Waals surface area contributed by atoms with Crippen molar-refractivity contribution in [2.45, 2.75) is 0 Å². The van der Waals surface area contributed by atoms with Gasteiger partial charge in [-0.25, -0.2) is 0 Å². The number of anilines is 3. The van der Waals surface area contributed by atoms with E-state index in [9.17, 15) is 0 Å². The Labute approximate surface area is 267 Å². The number of furan rings is 1. The van der Waals surface area contributed by atoms with Crippen LogP contribution in [-0.2, 0) is 0 Å². The molecule has 8 aromatic carbocycles. The van der Waals surface area contributed by atoms with E-state index in [0.29, 0.717) is 0 Å². The summed E-state index contributed by atoms with van der Waals surface area (Å²) in [6.07, 6.45) is 0. The van der Waals surface area contributed by atoms with Gasteiger partial charge >= 0.3 is 0 Å². The minimum absolute atomic E-state index is 0.914.